The standard InChI is InChI=1S/C45H77NO6/c1-6-10-21-28-39-37-44(48)50-35-25-19-15-13-17-23-30-41(52-43(47)33-27-34-46(5)9-4)31-24-18-14-16-20-26-36-51-45(49)38-40(29-22-11-7-2)42(39)32-12-8-3/h39-41H,3,6-7,9-11,13-31,33-38H2,1-2,4-5H3. The van der Waals surface area contributed by atoms with Gasteiger partial charge in [-0.3, -0.25) is 14.4 Å². The molecule has 0 saturated carbocycles. The Morgan fingerprint density at radius 3 is 1.67 bits per heavy atom. The Bertz CT molecular complexity index is 1020. The fourth-order valence-corrected chi connectivity index (χ4v) is 7.08. The Kier molecular flexibility index (Phi) is 30.2. The van der Waals surface area contributed by atoms with Crippen LogP contribution in [0.2, 0.25) is 0 Å². The van der Waals surface area contributed by atoms with Gasteiger partial charge in [0.25, 0.3) is 0 Å². The summed E-state index contributed by atoms with van der Waals surface area (Å²) in [6, 6.07) is 0. The molecule has 1 rings (SSSR count). The minimum atomic E-state index is -0.183. The van der Waals surface area contributed by atoms with Crippen molar-refractivity contribution in [3.63, 3.8) is 0 Å². The zero-order valence-electron chi connectivity index (χ0n) is 34.0. The van der Waals surface area contributed by atoms with E-state index in [0.717, 1.165) is 166 Å². The number of unbranched alkanes of at least 4 members (excludes halogenated alkanes) is 4. The molecular formula is C45H77NO6. The Morgan fingerprint density at radius 2 is 1.21 bits per heavy atom. The largest absolute Gasteiger partial charge is 0.466 e. The number of hydrogen-bond donors (Lipinski definition) is 0. The summed E-state index contributed by atoms with van der Waals surface area (Å²) in [5.74, 6) is -0.557. The molecule has 0 aromatic heterocycles. The molecule has 0 aromatic rings. The normalized spacial score (nSPS) is 21.6. The Balaban J connectivity index is 2.95. The van der Waals surface area contributed by atoms with Gasteiger partial charge in [-0.15, -0.1) is 0 Å². The summed E-state index contributed by atoms with van der Waals surface area (Å²) < 4.78 is 17.5. The first-order chi connectivity index (χ1) is 25.3. The van der Waals surface area contributed by atoms with Crippen molar-refractivity contribution in [2.24, 2.45) is 11.8 Å². The van der Waals surface area contributed by atoms with Gasteiger partial charge in [0.05, 0.1) is 26.1 Å². The van der Waals surface area contributed by atoms with E-state index in [-0.39, 0.29) is 48.7 Å². The van der Waals surface area contributed by atoms with E-state index in [1.165, 1.54) is 0 Å². The summed E-state index contributed by atoms with van der Waals surface area (Å²) in [5, 5.41) is 0. The van der Waals surface area contributed by atoms with E-state index in [1.54, 1.807) is 0 Å². The lowest BCUT2D eigenvalue weighted by molar-refractivity contribution is -0.150. The summed E-state index contributed by atoms with van der Waals surface area (Å²) >= 11 is 0. The minimum Gasteiger partial charge on any atom is -0.466 e. The first-order valence-electron chi connectivity index (χ1n) is 21.4. The van der Waals surface area contributed by atoms with Crippen LogP contribution in [0, 0.1) is 11.8 Å². The number of nitrogens with zero attached hydrogens (tertiary/aromatic N) is 1. The molecule has 0 aromatic carbocycles. The molecular weight excluding hydrogens is 650 g/mol. The lowest BCUT2D eigenvalue weighted by Crippen LogP contribution is -2.22. The highest BCUT2D eigenvalue weighted by molar-refractivity contribution is 5.71. The monoisotopic (exact) mass is 728 g/mol. The summed E-state index contributed by atoms with van der Waals surface area (Å²) in [6.07, 6.45) is 24.4. The molecule has 298 valence electrons. The van der Waals surface area contributed by atoms with E-state index in [0.29, 0.717) is 19.6 Å². The predicted molar refractivity (Wildman–Crippen MR) is 213 cm³/mol. The molecule has 7 heteroatoms. The maximum atomic E-state index is 13.2. The van der Waals surface area contributed by atoms with Gasteiger partial charge in [-0.05, 0) is 108 Å². The number of esters is 3. The fraction of sp³-hybridized carbons (Fsp3) is 0.822. The highest BCUT2D eigenvalue weighted by atomic mass is 16.5. The van der Waals surface area contributed by atoms with Crippen molar-refractivity contribution in [1.82, 2.24) is 4.90 Å². The molecule has 0 radical (unpaired) electrons. The maximum absolute atomic E-state index is 13.2. The average Bonchev–Trinajstić information content (AvgIpc) is 3.12. The van der Waals surface area contributed by atoms with Gasteiger partial charge >= 0.3 is 17.9 Å². The lowest BCUT2D eigenvalue weighted by atomic mass is 9.79. The second-order valence-corrected chi connectivity index (χ2v) is 15.0. The van der Waals surface area contributed by atoms with Gasteiger partial charge in [0.2, 0.25) is 0 Å². The molecule has 0 bridgehead atoms. The molecule has 1 fully saturated rings. The van der Waals surface area contributed by atoms with Crippen LogP contribution < -0.4 is 0 Å². The first kappa shape index (κ1) is 47.5. The van der Waals surface area contributed by atoms with Crippen LogP contribution in [0.4, 0.5) is 0 Å². The molecule has 1 aliphatic heterocycles. The molecule has 1 saturated heterocycles. The maximum Gasteiger partial charge on any atom is 0.306 e. The predicted octanol–water partition coefficient (Wildman–Crippen LogP) is 11.4. The van der Waals surface area contributed by atoms with Crippen molar-refractivity contribution >= 4 is 17.9 Å². The zero-order chi connectivity index (χ0) is 38.1. The second kappa shape index (κ2) is 33.1. The highest BCUT2D eigenvalue weighted by Crippen LogP contribution is 2.33. The quantitative estimate of drug-likeness (QED) is 0.0762. The van der Waals surface area contributed by atoms with E-state index in [1.807, 2.05) is 0 Å². The molecule has 0 N–H and O–H groups in total. The molecule has 1 heterocycles. The SMILES string of the molecule is C=C=C=C=C1C(CCCCC)CC(=O)OCCCCCCCCC(OC(=O)CCCN(C)CC)CCCCCCCCOC(=O)CC1CCCCC. The summed E-state index contributed by atoms with van der Waals surface area (Å²) in [7, 11) is 2.08. The number of carbonyl (C=O) groups is 3. The molecule has 7 nitrogen and oxygen atoms in total. The van der Waals surface area contributed by atoms with Crippen molar-refractivity contribution in [3.8, 4) is 0 Å². The lowest BCUT2D eigenvalue weighted by Gasteiger charge is -2.25. The van der Waals surface area contributed by atoms with Crippen LogP contribution in [0.3, 0.4) is 0 Å². The Hall–Kier alpha value is -2.55. The summed E-state index contributed by atoms with van der Waals surface area (Å²) in [5.41, 5.74) is 9.94. The first-order valence-corrected chi connectivity index (χ1v) is 21.4. The zero-order valence-corrected chi connectivity index (χ0v) is 34.0. The Labute approximate surface area is 319 Å². The van der Waals surface area contributed by atoms with Crippen LogP contribution in [0.15, 0.2) is 29.3 Å². The number of rotatable bonds is 14. The van der Waals surface area contributed by atoms with Gasteiger partial charge in [-0.1, -0.05) is 122 Å². The number of carbonyl (C=O) groups excluding carboxylic acids is 3. The molecule has 0 spiro atoms. The van der Waals surface area contributed by atoms with Crippen molar-refractivity contribution < 1.29 is 28.6 Å². The van der Waals surface area contributed by atoms with Crippen LogP contribution in [0.25, 0.3) is 0 Å². The summed E-state index contributed by atoms with van der Waals surface area (Å²) in [6.45, 7) is 13.0. The molecule has 2 atom stereocenters. The van der Waals surface area contributed by atoms with Crippen LogP contribution in [0.1, 0.15) is 188 Å². The third kappa shape index (κ3) is 25.4. The van der Waals surface area contributed by atoms with E-state index < -0.39 is 0 Å². The topological polar surface area (TPSA) is 82.1 Å². The number of cyclic esters (lactones) is 2. The average molecular weight is 728 g/mol. The second-order valence-electron chi connectivity index (χ2n) is 15.0. The number of allylic oxidation sites excluding steroid dienone is 1. The molecule has 1 aliphatic rings. The van der Waals surface area contributed by atoms with Crippen molar-refractivity contribution in [2.45, 2.75) is 194 Å². The molecule has 0 amide bonds. The smallest absolute Gasteiger partial charge is 0.306 e. The third-order valence-corrected chi connectivity index (χ3v) is 10.4. The van der Waals surface area contributed by atoms with Crippen molar-refractivity contribution in [2.75, 3.05) is 33.4 Å². The van der Waals surface area contributed by atoms with Gasteiger partial charge in [0, 0.05) is 6.42 Å². The summed E-state index contributed by atoms with van der Waals surface area (Å²) in [4.78, 5) is 41.3. The molecule has 52 heavy (non-hydrogen) atoms. The van der Waals surface area contributed by atoms with Crippen molar-refractivity contribution in [1.29, 1.82) is 0 Å². The van der Waals surface area contributed by atoms with E-state index >= 15 is 0 Å². The van der Waals surface area contributed by atoms with Crippen LogP contribution >= 0.6 is 0 Å². The van der Waals surface area contributed by atoms with Gasteiger partial charge in [0.1, 0.15) is 6.10 Å². The van der Waals surface area contributed by atoms with Crippen molar-refractivity contribution in [3.05, 3.63) is 29.3 Å². The minimum absolute atomic E-state index is 0.00373. The highest BCUT2D eigenvalue weighted by Gasteiger charge is 2.28. The number of ether oxygens (including phenoxy) is 3. The number of hydrogen-bond acceptors (Lipinski definition) is 7. The fourth-order valence-electron chi connectivity index (χ4n) is 7.08. The van der Waals surface area contributed by atoms with Gasteiger partial charge < -0.3 is 19.1 Å². The van der Waals surface area contributed by atoms with E-state index in [9.17, 15) is 14.4 Å². The van der Waals surface area contributed by atoms with Gasteiger partial charge in [0.15, 0.2) is 0 Å². The Morgan fingerprint density at radius 1 is 0.731 bits per heavy atom. The molecule has 0 aliphatic carbocycles. The van der Waals surface area contributed by atoms with Gasteiger partial charge in [-0.2, -0.15) is 0 Å². The van der Waals surface area contributed by atoms with E-state index in [4.69, 9.17) is 14.2 Å². The van der Waals surface area contributed by atoms with E-state index in [2.05, 4.69) is 56.5 Å². The molecule has 2 unspecified atom stereocenters. The third-order valence-electron chi connectivity index (χ3n) is 10.4. The van der Waals surface area contributed by atoms with Crippen LogP contribution in [0.5, 0.6) is 0 Å². The van der Waals surface area contributed by atoms with Crippen LogP contribution in [-0.2, 0) is 28.6 Å². The van der Waals surface area contributed by atoms with Gasteiger partial charge in [-0.25, -0.2) is 0 Å². The van der Waals surface area contributed by atoms with Crippen LogP contribution in [-0.4, -0.2) is 62.3 Å².